The van der Waals surface area contributed by atoms with E-state index in [1.807, 2.05) is 17.0 Å². The predicted molar refractivity (Wildman–Crippen MR) is 165 cm³/mol. The maximum Gasteiger partial charge on any atom is 0.245 e. The van der Waals surface area contributed by atoms with Crippen LogP contribution >= 0.6 is 11.6 Å². The van der Waals surface area contributed by atoms with Crippen LogP contribution in [0, 0.1) is 11.7 Å². The number of likely N-dealkylation sites (N-methyl/N-ethyl adjacent to an activating group) is 1. The van der Waals surface area contributed by atoms with E-state index >= 15 is 0 Å². The van der Waals surface area contributed by atoms with Gasteiger partial charge in [-0.3, -0.25) is 9.59 Å². The molecule has 10 heteroatoms. The Morgan fingerprint density at radius 1 is 1.00 bits per heavy atom. The number of piperazine rings is 1. The highest BCUT2D eigenvalue weighted by atomic mass is 35.5. The van der Waals surface area contributed by atoms with Crippen LogP contribution in [-0.4, -0.2) is 96.6 Å². The molecule has 2 unspecified atom stereocenters. The van der Waals surface area contributed by atoms with E-state index in [1.54, 1.807) is 24.3 Å². The molecule has 230 valence electrons. The normalized spacial score (nSPS) is 18.8. The Hall–Kier alpha value is -2.56. The molecule has 0 aromatic heterocycles. The van der Waals surface area contributed by atoms with Gasteiger partial charge in [-0.1, -0.05) is 49.7 Å². The number of hydrogen-bond donors (Lipinski definition) is 2. The molecule has 2 aliphatic heterocycles. The van der Waals surface area contributed by atoms with Crippen molar-refractivity contribution < 1.29 is 14.0 Å². The molecule has 0 spiro atoms. The van der Waals surface area contributed by atoms with Gasteiger partial charge in [0, 0.05) is 75.8 Å². The van der Waals surface area contributed by atoms with Crippen LogP contribution in [0.3, 0.4) is 0 Å². The molecule has 2 saturated heterocycles. The van der Waals surface area contributed by atoms with Crippen molar-refractivity contribution in [3.63, 3.8) is 0 Å². The van der Waals surface area contributed by atoms with Crippen molar-refractivity contribution >= 4 is 23.4 Å². The Morgan fingerprint density at radius 2 is 1.62 bits per heavy atom. The number of rotatable bonds is 11. The molecular formula is C32H46ClFN6O2. The minimum Gasteiger partial charge on any atom is -0.344 e. The van der Waals surface area contributed by atoms with Crippen LogP contribution in [0.5, 0.6) is 0 Å². The number of benzene rings is 2. The summed E-state index contributed by atoms with van der Waals surface area (Å²) < 4.78 is 13.3. The number of nitrogens with one attached hydrogen (secondary N) is 1. The summed E-state index contributed by atoms with van der Waals surface area (Å²) >= 11 is 6.08. The molecule has 0 aliphatic carbocycles. The monoisotopic (exact) mass is 600 g/mol. The summed E-state index contributed by atoms with van der Waals surface area (Å²) in [5.74, 6) is -0.206. The lowest BCUT2D eigenvalue weighted by Crippen LogP contribution is -2.60. The van der Waals surface area contributed by atoms with Gasteiger partial charge in [0.1, 0.15) is 11.9 Å². The minimum absolute atomic E-state index is 0.00666. The SMILES string of the molecule is CC(C)CN(C1CCN(C(=O)C(Cc2ccc(Cl)cc2)NC(=O)CC(N)c2ccc(F)cc2)CC1)N1CCN(C)CC1. The molecule has 3 N–H and O–H groups in total. The third-order valence-electron chi connectivity index (χ3n) is 8.28. The predicted octanol–water partition coefficient (Wildman–Crippen LogP) is 3.71. The number of hydrazine groups is 1. The topological polar surface area (TPSA) is 85.1 Å². The number of halogens is 2. The highest BCUT2D eigenvalue weighted by Gasteiger charge is 2.34. The van der Waals surface area contributed by atoms with E-state index in [-0.39, 0.29) is 24.1 Å². The molecule has 0 radical (unpaired) electrons. The minimum atomic E-state index is -0.722. The van der Waals surface area contributed by atoms with Gasteiger partial charge in [0.05, 0.1) is 0 Å². The first-order chi connectivity index (χ1) is 20.1. The zero-order chi connectivity index (χ0) is 30.2. The molecule has 2 fully saturated rings. The van der Waals surface area contributed by atoms with Crippen molar-refractivity contribution in [3.8, 4) is 0 Å². The van der Waals surface area contributed by atoms with Gasteiger partial charge in [-0.05, 0) is 61.2 Å². The van der Waals surface area contributed by atoms with E-state index in [4.69, 9.17) is 17.3 Å². The second kappa shape index (κ2) is 15.3. The first-order valence-electron chi connectivity index (χ1n) is 15.1. The van der Waals surface area contributed by atoms with Crippen molar-refractivity contribution in [3.05, 3.63) is 70.5 Å². The molecule has 0 bridgehead atoms. The molecule has 2 aromatic rings. The highest BCUT2D eigenvalue weighted by Crippen LogP contribution is 2.23. The van der Waals surface area contributed by atoms with E-state index in [0.717, 1.165) is 51.1 Å². The molecule has 2 amide bonds. The van der Waals surface area contributed by atoms with Gasteiger partial charge in [0.2, 0.25) is 11.8 Å². The lowest BCUT2D eigenvalue weighted by atomic mass is 9.99. The third kappa shape index (κ3) is 9.22. The number of carbonyl (C=O) groups excluding carboxylic acids is 2. The molecule has 2 heterocycles. The van der Waals surface area contributed by atoms with Crippen LogP contribution in [0.2, 0.25) is 5.02 Å². The number of amides is 2. The second-order valence-corrected chi connectivity index (χ2v) is 12.6. The summed E-state index contributed by atoms with van der Waals surface area (Å²) in [6.45, 7) is 11.0. The standard InChI is InChI=1S/C32H46ClFN6O2/c1-23(2)22-40(39-18-16-37(3)17-19-39)28-12-14-38(15-13-28)32(42)30(20-24-4-8-26(33)9-5-24)36-31(41)21-29(35)25-6-10-27(34)11-7-25/h4-11,23,28-30H,12-22,35H2,1-3H3,(H,36,41). The molecule has 4 rings (SSSR count). The van der Waals surface area contributed by atoms with Gasteiger partial charge in [-0.2, -0.15) is 0 Å². The lowest BCUT2D eigenvalue weighted by molar-refractivity contribution is -0.140. The van der Waals surface area contributed by atoms with Crippen LogP contribution in [0.15, 0.2) is 48.5 Å². The van der Waals surface area contributed by atoms with E-state index in [0.29, 0.717) is 42.1 Å². The second-order valence-electron chi connectivity index (χ2n) is 12.1. The zero-order valence-electron chi connectivity index (χ0n) is 25.1. The number of nitrogens with two attached hydrogens (primary N) is 1. The number of hydrogen-bond acceptors (Lipinski definition) is 6. The Kier molecular flexibility index (Phi) is 11.7. The smallest absolute Gasteiger partial charge is 0.245 e. The summed E-state index contributed by atoms with van der Waals surface area (Å²) in [5.41, 5.74) is 7.83. The largest absolute Gasteiger partial charge is 0.344 e. The molecule has 2 aliphatic rings. The van der Waals surface area contributed by atoms with Gasteiger partial charge >= 0.3 is 0 Å². The maximum absolute atomic E-state index is 13.9. The van der Waals surface area contributed by atoms with Crippen LogP contribution in [0.25, 0.3) is 0 Å². The van der Waals surface area contributed by atoms with Gasteiger partial charge in [0.25, 0.3) is 0 Å². The van der Waals surface area contributed by atoms with Gasteiger partial charge in [-0.15, -0.1) is 0 Å². The van der Waals surface area contributed by atoms with Crippen molar-refractivity contribution in [2.24, 2.45) is 11.7 Å². The molecular weight excluding hydrogens is 555 g/mol. The van der Waals surface area contributed by atoms with Gasteiger partial charge < -0.3 is 20.9 Å². The first-order valence-corrected chi connectivity index (χ1v) is 15.5. The van der Waals surface area contributed by atoms with Crippen LogP contribution in [0.1, 0.15) is 50.3 Å². The fourth-order valence-corrected chi connectivity index (χ4v) is 5.99. The van der Waals surface area contributed by atoms with Crippen molar-refractivity contribution in [1.82, 2.24) is 25.1 Å². The van der Waals surface area contributed by atoms with Crippen molar-refractivity contribution in [2.75, 3.05) is 52.9 Å². The summed E-state index contributed by atoms with van der Waals surface area (Å²) in [4.78, 5) is 31.2. The quantitative estimate of drug-likeness (QED) is 0.409. The average molecular weight is 601 g/mol. The number of likely N-dealkylation sites (tertiary alicyclic amines) is 1. The first kappa shape index (κ1) is 32.4. The van der Waals surface area contributed by atoms with E-state index in [2.05, 4.69) is 41.1 Å². The summed E-state index contributed by atoms with van der Waals surface area (Å²) in [5, 5.41) is 8.65. The van der Waals surface area contributed by atoms with Crippen LogP contribution < -0.4 is 11.1 Å². The third-order valence-corrected chi connectivity index (χ3v) is 8.53. The Labute approximate surface area is 254 Å². The number of piperidine rings is 1. The van der Waals surface area contributed by atoms with Crippen LogP contribution in [-0.2, 0) is 16.0 Å². The average Bonchev–Trinajstić information content (AvgIpc) is 2.97. The molecule has 0 saturated carbocycles. The highest BCUT2D eigenvalue weighted by molar-refractivity contribution is 6.30. The Balaban J connectivity index is 1.41. The zero-order valence-corrected chi connectivity index (χ0v) is 25.9. The van der Waals surface area contributed by atoms with E-state index in [1.165, 1.54) is 12.1 Å². The van der Waals surface area contributed by atoms with Crippen molar-refractivity contribution in [1.29, 1.82) is 0 Å². The van der Waals surface area contributed by atoms with Gasteiger partial charge in [0.15, 0.2) is 0 Å². The van der Waals surface area contributed by atoms with Crippen molar-refractivity contribution in [2.45, 2.75) is 57.7 Å². The summed E-state index contributed by atoms with van der Waals surface area (Å²) in [6.07, 6.45) is 2.13. The number of carbonyl (C=O) groups is 2. The summed E-state index contributed by atoms with van der Waals surface area (Å²) in [7, 11) is 2.17. The lowest BCUT2D eigenvalue weighted by Gasteiger charge is -2.47. The van der Waals surface area contributed by atoms with Crippen LogP contribution in [0.4, 0.5) is 4.39 Å². The fourth-order valence-electron chi connectivity index (χ4n) is 5.86. The van der Waals surface area contributed by atoms with Gasteiger partial charge in [-0.25, -0.2) is 14.4 Å². The fraction of sp³-hybridized carbons (Fsp3) is 0.562. The summed E-state index contributed by atoms with van der Waals surface area (Å²) in [6, 6.07) is 12.2. The van der Waals surface area contributed by atoms with E-state index < -0.39 is 12.1 Å². The Morgan fingerprint density at radius 3 is 2.21 bits per heavy atom. The van der Waals surface area contributed by atoms with E-state index in [9.17, 15) is 14.0 Å². The molecule has 42 heavy (non-hydrogen) atoms. The molecule has 8 nitrogen and oxygen atoms in total. The maximum atomic E-state index is 13.9. The Bertz CT molecular complexity index is 1150. The molecule has 2 aromatic carbocycles. The molecule has 2 atom stereocenters. The number of nitrogens with zero attached hydrogens (tertiary/aromatic N) is 4.